The highest BCUT2D eigenvalue weighted by atomic mass is 16.6. The second-order valence-electron chi connectivity index (χ2n) is 6.35. The molecule has 0 spiro atoms. The van der Waals surface area contributed by atoms with Crippen LogP contribution in [0.2, 0.25) is 0 Å². The molecular formula is C18H25N3O3. The number of nitro benzene ring substituents is 1. The molecule has 1 heterocycles. The summed E-state index contributed by atoms with van der Waals surface area (Å²) in [6, 6.07) is 6.21. The van der Waals surface area contributed by atoms with Crippen molar-refractivity contribution in [1.29, 1.82) is 0 Å². The minimum atomic E-state index is -0.446. The smallest absolute Gasteiger partial charge is 0.270 e. The van der Waals surface area contributed by atoms with E-state index in [-0.39, 0.29) is 11.6 Å². The molecule has 0 aliphatic carbocycles. The number of nitro groups is 1. The van der Waals surface area contributed by atoms with E-state index in [4.69, 9.17) is 0 Å². The molecule has 0 bridgehead atoms. The highest BCUT2D eigenvalue weighted by Crippen LogP contribution is 2.16. The second-order valence-corrected chi connectivity index (χ2v) is 6.35. The van der Waals surface area contributed by atoms with Crippen molar-refractivity contribution < 1.29 is 9.72 Å². The van der Waals surface area contributed by atoms with Crippen LogP contribution in [0.1, 0.15) is 31.7 Å². The van der Waals surface area contributed by atoms with Gasteiger partial charge in [0.2, 0.25) is 5.91 Å². The van der Waals surface area contributed by atoms with Gasteiger partial charge >= 0.3 is 0 Å². The number of benzene rings is 1. The number of piperidine rings is 1. The van der Waals surface area contributed by atoms with E-state index in [9.17, 15) is 14.9 Å². The first kappa shape index (κ1) is 18.1. The van der Waals surface area contributed by atoms with Crippen LogP contribution in [0.3, 0.4) is 0 Å². The molecular weight excluding hydrogens is 306 g/mol. The average molecular weight is 331 g/mol. The van der Waals surface area contributed by atoms with Crippen molar-refractivity contribution in [3.8, 4) is 0 Å². The van der Waals surface area contributed by atoms with E-state index in [2.05, 4.69) is 17.1 Å². The first-order valence-electron chi connectivity index (χ1n) is 8.47. The van der Waals surface area contributed by atoms with E-state index >= 15 is 0 Å². The Labute approximate surface area is 142 Å². The van der Waals surface area contributed by atoms with E-state index in [0.717, 1.165) is 32.0 Å². The summed E-state index contributed by atoms with van der Waals surface area (Å²) < 4.78 is 0. The van der Waals surface area contributed by atoms with Crippen molar-refractivity contribution in [3.63, 3.8) is 0 Å². The first-order chi connectivity index (χ1) is 11.5. The summed E-state index contributed by atoms with van der Waals surface area (Å²) in [7, 11) is 0. The van der Waals surface area contributed by atoms with Crippen molar-refractivity contribution in [1.82, 2.24) is 10.2 Å². The third-order valence-electron chi connectivity index (χ3n) is 4.33. The molecule has 6 nitrogen and oxygen atoms in total. The SMILES string of the molecule is CC1CCN(CCCNC(=O)/C=C/c2cccc([N+](=O)[O-])c2)CC1. The van der Waals surface area contributed by atoms with Gasteiger partial charge in [-0.1, -0.05) is 19.1 Å². The summed E-state index contributed by atoms with van der Waals surface area (Å²) in [4.78, 5) is 24.5. The number of likely N-dealkylation sites (tertiary alicyclic amines) is 1. The quantitative estimate of drug-likeness (QED) is 0.361. The zero-order valence-electron chi connectivity index (χ0n) is 14.1. The molecule has 0 unspecified atom stereocenters. The Morgan fingerprint density at radius 1 is 1.42 bits per heavy atom. The molecule has 24 heavy (non-hydrogen) atoms. The molecule has 1 aliphatic rings. The third kappa shape index (κ3) is 6.12. The van der Waals surface area contributed by atoms with E-state index < -0.39 is 4.92 Å². The van der Waals surface area contributed by atoms with Crippen LogP contribution < -0.4 is 5.32 Å². The van der Waals surface area contributed by atoms with Crippen LogP contribution in [0.4, 0.5) is 5.69 Å². The molecule has 1 N–H and O–H groups in total. The maximum atomic E-state index is 11.8. The average Bonchev–Trinajstić information content (AvgIpc) is 2.58. The standard InChI is InChI=1S/C18H25N3O3/c1-15-8-12-20(13-9-15)11-3-10-19-18(22)7-6-16-4-2-5-17(14-16)21(23)24/h2,4-7,14-15H,3,8-13H2,1H3,(H,19,22)/b7-6+. The summed E-state index contributed by atoms with van der Waals surface area (Å²) in [6.07, 6.45) is 6.47. The molecule has 1 amide bonds. The Morgan fingerprint density at radius 2 is 2.17 bits per heavy atom. The van der Waals surface area contributed by atoms with Crippen LogP contribution in [0.15, 0.2) is 30.3 Å². The maximum Gasteiger partial charge on any atom is 0.270 e. The van der Waals surface area contributed by atoms with E-state index in [1.807, 2.05) is 0 Å². The number of amides is 1. The fourth-order valence-electron chi connectivity index (χ4n) is 2.77. The van der Waals surface area contributed by atoms with Crippen LogP contribution >= 0.6 is 0 Å². The van der Waals surface area contributed by atoms with Crippen molar-refractivity contribution >= 4 is 17.7 Å². The van der Waals surface area contributed by atoms with Crippen molar-refractivity contribution in [2.75, 3.05) is 26.2 Å². The number of hydrogen-bond donors (Lipinski definition) is 1. The van der Waals surface area contributed by atoms with Gasteiger partial charge < -0.3 is 10.2 Å². The topological polar surface area (TPSA) is 75.5 Å². The van der Waals surface area contributed by atoms with Gasteiger partial charge in [0.15, 0.2) is 0 Å². The van der Waals surface area contributed by atoms with E-state index in [0.29, 0.717) is 12.1 Å². The predicted molar refractivity (Wildman–Crippen MR) is 94.6 cm³/mol. The van der Waals surface area contributed by atoms with Gasteiger partial charge in [-0.2, -0.15) is 0 Å². The van der Waals surface area contributed by atoms with Gasteiger partial charge in [0.1, 0.15) is 0 Å². The molecule has 0 atom stereocenters. The number of non-ortho nitro benzene ring substituents is 1. The lowest BCUT2D eigenvalue weighted by molar-refractivity contribution is -0.384. The lowest BCUT2D eigenvalue weighted by Crippen LogP contribution is -2.35. The third-order valence-corrected chi connectivity index (χ3v) is 4.33. The number of carbonyl (C=O) groups excluding carboxylic acids is 1. The Bertz CT molecular complexity index is 593. The highest BCUT2D eigenvalue weighted by Gasteiger charge is 2.14. The summed E-state index contributed by atoms with van der Waals surface area (Å²) in [6.45, 7) is 6.26. The van der Waals surface area contributed by atoms with Gasteiger partial charge in [-0.15, -0.1) is 0 Å². The number of carbonyl (C=O) groups is 1. The molecule has 0 radical (unpaired) electrons. The molecule has 0 saturated carbocycles. The summed E-state index contributed by atoms with van der Waals surface area (Å²) >= 11 is 0. The molecule has 2 rings (SSSR count). The normalized spacial score (nSPS) is 16.4. The monoisotopic (exact) mass is 331 g/mol. The van der Waals surface area contributed by atoms with Crippen LogP contribution in [-0.2, 0) is 4.79 Å². The summed E-state index contributed by atoms with van der Waals surface area (Å²) in [5.74, 6) is 0.661. The van der Waals surface area contributed by atoms with Crippen molar-refractivity contribution in [3.05, 3.63) is 46.0 Å². The Morgan fingerprint density at radius 3 is 2.88 bits per heavy atom. The molecule has 1 aromatic carbocycles. The van der Waals surface area contributed by atoms with Gasteiger partial charge in [0.05, 0.1) is 4.92 Å². The Kier molecular flexibility index (Phi) is 6.93. The largest absolute Gasteiger partial charge is 0.353 e. The lowest BCUT2D eigenvalue weighted by atomic mass is 9.99. The minimum Gasteiger partial charge on any atom is -0.353 e. The fourth-order valence-corrected chi connectivity index (χ4v) is 2.77. The van der Waals surface area contributed by atoms with Crippen molar-refractivity contribution in [2.45, 2.75) is 26.2 Å². The molecule has 1 saturated heterocycles. The number of nitrogens with one attached hydrogen (secondary N) is 1. The molecule has 130 valence electrons. The Hall–Kier alpha value is -2.21. The first-order valence-corrected chi connectivity index (χ1v) is 8.47. The molecule has 1 aromatic rings. The van der Waals surface area contributed by atoms with Gasteiger partial charge in [0.25, 0.3) is 5.69 Å². The maximum absolute atomic E-state index is 11.8. The predicted octanol–water partition coefficient (Wildman–Crippen LogP) is 2.85. The van der Waals surface area contributed by atoms with E-state index in [1.165, 1.54) is 31.1 Å². The fraction of sp³-hybridized carbons (Fsp3) is 0.500. The summed E-state index contributed by atoms with van der Waals surface area (Å²) in [5.41, 5.74) is 0.662. The van der Waals surface area contributed by atoms with Crippen molar-refractivity contribution in [2.24, 2.45) is 5.92 Å². The van der Waals surface area contributed by atoms with Gasteiger partial charge in [-0.05, 0) is 56.5 Å². The minimum absolute atomic E-state index is 0.0217. The molecule has 1 fully saturated rings. The number of rotatable bonds is 7. The van der Waals surface area contributed by atoms with Gasteiger partial charge in [-0.25, -0.2) is 0 Å². The number of nitrogens with zero attached hydrogens (tertiary/aromatic N) is 2. The van der Waals surface area contributed by atoms with Gasteiger partial charge in [0, 0.05) is 24.8 Å². The van der Waals surface area contributed by atoms with E-state index in [1.54, 1.807) is 18.2 Å². The van der Waals surface area contributed by atoms with Crippen LogP contribution in [0.25, 0.3) is 6.08 Å². The second kappa shape index (κ2) is 9.17. The zero-order valence-corrected chi connectivity index (χ0v) is 14.1. The molecule has 1 aliphatic heterocycles. The lowest BCUT2D eigenvalue weighted by Gasteiger charge is -2.30. The number of hydrogen-bond acceptors (Lipinski definition) is 4. The highest BCUT2D eigenvalue weighted by molar-refractivity contribution is 5.91. The molecule has 6 heteroatoms. The Balaban J connectivity index is 1.67. The van der Waals surface area contributed by atoms with Crippen LogP contribution in [0.5, 0.6) is 0 Å². The summed E-state index contributed by atoms with van der Waals surface area (Å²) in [5, 5.41) is 13.6. The zero-order chi connectivity index (χ0) is 17.4. The van der Waals surface area contributed by atoms with Gasteiger partial charge in [-0.3, -0.25) is 14.9 Å². The molecule has 0 aromatic heterocycles. The van der Waals surface area contributed by atoms with Crippen LogP contribution in [-0.4, -0.2) is 41.9 Å². The van der Waals surface area contributed by atoms with Crippen LogP contribution in [0, 0.1) is 16.0 Å².